The summed E-state index contributed by atoms with van der Waals surface area (Å²) in [6, 6.07) is 0. The van der Waals surface area contributed by atoms with E-state index in [1.54, 1.807) is 0 Å². The third-order valence-corrected chi connectivity index (χ3v) is 3.76. The summed E-state index contributed by atoms with van der Waals surface area (Å²) in [6.45, 7) is 3.52. The number of unbranched alkanes of at least 4 members (excludes halogenated alkanes) is 1. The van der Waals surface area contributed by atoms with Crippen LogP contribution < -0.4 is 0 Å². The fraction of sp³-hybridized carbons (Fsp3) is 0.857. The van der Waals surface area contributed by atoms with E-state index in [-0.39, 0.29) is 25.4 Å². The van der Waals surface area contributed by atoms with E-state index in [0.717, 1.165) is 12.8 Å². The Bertz CT molecular complexity index is 386. The first-order valence-electron chi connectivity index (χ1n) is 7.42. The fourth-order valence-corrected chi connectivity index (χ4v) is 2.16. The Labute approximate surface area is 122 Å². The average molecular weight is 300 g/mol. The normalized spacial score (nSPS) is 36.0. The fourth-order valence-electron chi connectivity index (χ4n) is 2.16. The summed E-state index contributed by atoms with van der Waals surface area (Å²) >= 11 is 0. The van der Waals surface area contributed by atoms with Gasteiger partial charge in [-0.25, -0.2) is 9.59 Å². The molecule has 0 bridgehead atoms. The molecule has 0 N–H and O–H groups in total. The van der Waals surface area contributed by atoms with Gasteiger partial charge in [0.25, 0.3) is 5.60 Å². The zero-order valence-corrected chi connectivity index (χ0v) is 12.0. The van der Waals surface area contributed by atoms with Crippen molar-refractivity contribution in [3.63, 3.8) is 0 Å². The number of esters is 2. The number of carbonyl (C=O) groups is 2. The minimum Gasteiger partial charge on any atom is -0.460 e. The van der Waals surface area contributed by atoms with Gasteiger partial charge >= 0.3 is 11.9 Å². The Kier molecular flexibility index (Phi) is 4.14. The van der Waals surface area contributed by atoms with Gasteiger partial charge in [-0.15, -0.1) is 0 Å². The molecule has 0 saturated carbocycles. The molecule has 0 aliphatic carbocycles. The molecule has 0 aromatic carbocycles. The Morgan fingerprint density at radius 1 is 1.10 bits per heavy atom. The maximum Gasteiger partial charge on any atom is 0.353 e. The predicted molar refractivity (Wildman–Crippen MR) is 68.5 cm³/mol. The first-order valence-corrected chi connectivity index (χ1v) is 7.42. The van der Waals surface area contributed by atoms with Gasteiger partial charge in [0.1, 0.15) is 31.5 Å². The van der Waals surface area contributed by atoms with E-state index in [4.69, 9.17) is 23.7 Å². The van der Waals surface area contributed by atoms with Crippen LogP contribution in [0.3, 0.4) is 0 Å². The Hall–Kier alpha value is -1.18. The molecule has 7 heteroatoms. The van der Waals surface area contributed by atoms with Gasteiger partial charge in [0.05, 0.1) is 13.2 Å². The summed E-state index contributed by atoms with van der Waals surface area (Å²) in [6.07, 6.45) is 1.94. The minimum atomic E-state index is -1.57. The minimum absolute atomic E-state index is 0.0465. The van der Waals surface area contributed by atoms with Crippen LogP contribution in [-0.2, 0) is 33.3 Å². The van der Waals surface area contributed by atoms with Crippen LogP contribution >= 0.6 is 0 Å². The van der Waals surface area contributed by atoms with E-state index in [2.05, 4.69) is 0 Å². The highest BCUT2D eigenvalue weighted by atomic mass is 16.7. The molecule has 7 nitrogen and oxygen atoms in total. The average Bonchev–Trinajstić information content (AvgIpc) is 3.37. The van der Waals surface area contributed by atoms with Crippen LogP contribution in [0, 0.1) is 0 Å². The third kappa shape index (κ3) is 3.36. The van der Waals surface area contributed by atoms with Crippen LogP contribution in [0.15, 0.2) is 0 Å². The quantitative estimate of drug-likeness (QED) is 0.341. The summed E-state index contributed by atoms with van der Waals surface area (Å²) in [5, 5.41) is 0. The third-order valence-electron chi connectivity index (χ3n) is 3.76. The number of hydrogen-bond acceptors (Lipinski definition) is 7. The molecule has 3 saturated heterocycles. The van der Waals surface area contributed by atoms with Crippen LogP contribution in [-0.4, -0.2) is 62.3 Å². The van der Waals surface area contributed by atoms with Crippen LogP contribution in [0.2, 0.25) is 0 Å². The van der Waals surface area contributed by atoms with E-state index in [1.807, 2.05) is 6.92 Å². The smallest absolute Gasteiger partial charge is 0.353 e. The maximum absolute atomic E-state index is 12.2. The summed E-state index contributed by atoms with van der Waals surface area (Å²) in [5.74, 6) is -1.33. The lowest BCUT2D eigenvalue weighted by molar-refractivity contribution is -0.164. The number of rotatable bonds is 9. The summed E-state index contributed by atoms with van der Waals surface area (Å²) in [4.78, 5) is 24.4. The number of hydrogen-bond donors (Lipinski definition) is 0. The SMILES string of the molecule is CCCCC1OC1(C(=O)OCC1CO1)C(=O)OCC1CO1. The van der Waals surface area contributed by atoms with Gasteiger partial charge in [0.2, 0.25) is 0 Å². The highest BCUT2D eigenvalue weighted by molar-refractivity contribution is 6.07. The van der Waals surface area contributed by atoms with Gasteiger partial charge in [-0.3, -0.25) is 0 Å². The lowest BCUT2D eigenvalue weighted by Crippen LogP contribution is -2.40. The second kappa shape index (κ2) is 5.90. The molecule has 118 valence electrons. The van der Waals surface area contributed by atoms with Crippen molar-refractivity contribution in [3.8, 4) is 0 Å². The molecule has 0 aromatic heterocycles. The van der Waals surface area contributed by atoms with Crippen molar-refractivity contribution < 1.29 is 33.3 Å². The zero-order chi connectivity index (χ0) is 14.9. The molecule has 0 amide bonds. The standard InChI is InChI=1S/C14H20O7/c1-2-3-4-11-14(21-11,12(15)19-7-9-5-17-9)13(16)20-8-10-6-18-10/h9-11H,2-8H2,1H3. The van der Waals surface area contributed by atoms with Gasteiger partial charge in [-0.05, 0) is 6.42 Å². The van der Waals surface area contributed by atoms with Crippen LogP contribution in [0.4, 0.5) is 0 Å². The van der Waals surface area contributed by atoms with Crippen molar-refractivity contribution in [1.82, 2.24) is 0 Å². The van der Waals surface area contributed by atoms with Crippen LogP contribution in [0.25, 0.3) is 0 Å². The molecule has 0 aromatic rings. The molecule has 3 aliphatic rings. The van der Waals surface area contributed by atoms with Crippen LogP contribution in [0.1, 0.15) is 26.2 Å². The molecule has 3 fully saturated rings. The van der Waals surface area contributed by atoms with E-state index in [1.165, 1.54) is 0 Å². The van der Waals surface area contributed by atoms with E-state index >= 15 is 0 Å². The monoisotopic (exact) mass is 300 g/mol. The van der Waals surface area contributed by atoms with E-state index in [0.29, 0.717) is 19.6 Å². The molecule has 3 atom stereocenters. The topological polar surface area (TPSA) is 90.2 Å². The zero-order valence-electron chi connectivity index (χ0n) is 12.0. The molecule has 0 radical (unpaired) electrons. The molecule has 3 heterocycles. The van der Waals surface area contributed by atoms with Crippen LogP contribution in [0.5, 0.6) is 0 Å². The van der Waals surface area contributed by atoms with Crippen molar-refractivity contribution in [2.45, 2.75) is 50.1 Å². The molecule has 3 aliphatic heterocycles. The Balaban J connectivity index is 1.56. The van der Waals surface area contributed by atoms with Crippen molar-refractivity contribution in [2.75, 3.05) is 26.4 Å². The molecule has 3 unspecified atom stereocenters. The van der Waals surface area contributed by atoms with Gasteiger partial charge in [0, 0.05) is 0 Å². The van der Waals surface area contributed by atoms with Gasteiger partial charge in [-0.1, -0.05) is 19.8 Å². The maximum atomic E-state index is 12.2. The van der Waals surface area contributed by atoms with Gasteiger partial charge in [-0.2, -0.15) is 0 Å². The van der Waals surface area contributed by atoms with E-state index in [9.17, 15) is 9.59 Å². The summed E-state index contributed by atoms with van der Waals surface area (Å²) < 4.78 is 25.6. The highest BCUT2D eigenvalue weighted by Gasteiger charge is 2.71. The number of epoxide rings is 3. The van der Waals surface area contributed by atoms with E-state index < -0.39 is 23.6 Å². The molecular weight excluding hydrogens is 280 g/mol. The van der Waals surface area contributed by atoms with Gasteiger partial charge in [0.15, 0.2) is 0 Å². The van der Waals surface area contributed by atoms with Crippen molar-refractivity contribution in [1.29, 1.82) is 0 Å². The van der Waals surface area contributed by atoms with Gasteiger partial charge < -0.3 is 23.7 Å². The number of ether oxygens (including phenoxy) is 5. The Morgan fingerprint density at radius 3 is 2.05 bits per heavy atom. The number of carbonyl (C=O) groups excluding carboxylic acids is 2. The Morgan fingerprint density at radius 2 is 1.62 bits per heavy atom. The molecule has 3 rings (SSSR count). The second-order valence-electron chi connectivity index (χ2n) is 5.59. The summed E-state index contributed by atoms with van der Waals surface area (Å²) in [5.41, 5.74) is -1.57. The van der Waals surface area contributed by atoms with Crippen molar-refractivity contribution >= 4 is 11.9 Å². The van der Waals surface area contributed by atoms with Crippen molar-refractivity contribution in [3.05, 3.63) is 0 Å². The predicted octanol–water partition coefficient (Wildman–Crippen LogP) is 0.198. The lowest BCUT2D eigenvalue weighted by Gasteiger charge is -2.11. The van der Waals surface area contributed by atoms with Crippen molar-refractivity contribution in [2.24, 2.45) is 0 Å². The largest absolute Gasteiger partial charge is 0.460 e. The first-order chi connectivity index (χ1) is 10.2. The summed E-state index contributed by atoms with van der Waals surface area (Å²) in [7, 11) is 0. The molecule has 21 heavy (non-hydrogen) atoms. The lowest BCUT2D eigenvalue weighted by atomic mass is 10.0. The highest BCUT2D eigenvalue weighted by Crippen LogP contribution is 2.42. The first kappa shape index (κ1) is 14.7. The molecular formula is C14H20O7. The second-order valence-corrected chi connectivity index (χ2v) is 5.59. The molecule has 0 spiro atoms.